The summed E-state index contributed by atoms with van der Waals surface area (Å²) in [7, 11) is 1.89. The molecule has 0 saturated carbocycles. The molecule has 2 amide bonds. The molecule has 1 N–H and O–H groups in total. The van der Waals surface area contributed by atoms with Crippen molar-refractivity contribution >= 4 is 28.4 Å². The van der Waals surface area contributed by atoms with E-state index in [1.165, 1.54) is 0 Å². The third-order valence-corrected chi connectivity index (χ3v) is 4.94. The van der Waals surface area contributed by atoms with Gasteiger partial charge in [-0.3, -0.25) is 9.59 Å². The maximum Gasteiger partial charge on any atom is 0.270 e. The number of aryl methyl sites for hydroxylation is 2. The molecule has 0 radical (unpaired) electrons. The molecule has 1 aliphatic heterocycles. The van der Waals surface area contributed by atoms with Crippen LogP contribution in [0.25, 0.3) is 10.9 Å². The summed E-state index contributed by atoms with van der Waals surface area (Å²) in [5.41, 5.74) is 3.37. The molecule has 6 nitrogen and oxygen atoms in total. The second kappa shape index (κ2) is 8.13. The minimum absolute atomic E-state index is 0.0865. The minimum atomic E-state index is -0.148. The Morgan fingerprint density at radius 3 is 2.78 bits per heavy atom. The SMILES string of the molecule is Cc1ccc2c(c1)c(N1CCCC1=O)c(C(=O)NCCCOC(C)C)n2C. The number of carbonyl (C=O) groups excluding carboxylic acids is 2. The number of nitrogens with zero attached hydrogens (tertiary/aromatic N) is 2. The van der Waals surface area contributed by atoms with E-state index in [2.05, 4.69) is 11.4 Å². The number of nitrogens with one attached hydrogen (secondary N) is 1. The molecule has 0 aliphatic carbocycles. The average Bonchev–Trinajstić information content (AvgIpc) is 3.14. The highest BCUT2D eigenvalue weighted by atomic mass is 16.5. The lowest BCUT2D eigenvalue weighted by molar-refractivity contribution is -0.117. The van der Waals surface area contributed by atoms with Crippen LogP contribution in [-0.2, 0) is 16.6 Å². The summed E-state index contributed by atoms with van der Waals surface area (Å²) in [6.45, 7) is 7.83. The molecule has 1 fully saturated rings. The fourth-order valence-corrected chi connectivity index (χ4v) is 3.63. The van der Waals surface area contributed by atoms with Crippen LogP contribution in [-0.4, -0.2) is 42.2 Å². The molecule has 2 heterocycles. The maximum atomic E-state index is 13.0. The number of anilines is 1. The van der Waals surface area contributed by atoms with E-state index >= 15 is 0 Å². The first-order chi connectivity index (χ1) is 12.9. The van der Waals surface area contributed by atoms with Crippen LogP contribution in [0, 0.1) is 6.92 Å². The van der Waals surface area contributed by atoms with Gasteiger partial charge in [-0.25, -0.2) is 0 Å². The lowest BCUT2D eigenvalue weighted by Gasteiger charge is -2.18. The molecule has 1 aliphatic rings. The Balaban J connectivity index is 1.90. The fourth-order valence-electron chi connectivity index (χ4n) is 3.63. The van der Waals surface area contributed by atoms with E-state index in [4.69, 9.17) is 4.74 Å². The van der Waals surface area contributed by atoms with Crippen LogP contribution in [0.5, 0.6) is 0 Å². The largest absolute Gasteiger partial charge is 0.379 e. The fraction of sp³-hybridized carbons (Fsp3) is 0.524. The number of carbonyl (C=O) groups is 2. The van der Waals surface area contributed by atoms with Gasteiger partial charge in [0, 0.05) is 38.6 Å². The van der Waals surface area contributed by atoms with Gasteiger partial charge < -0.3 is 19.5 Å². The Morgan fingerprint density at radius 2 is 2.11 bits per heavy atom. The molecule has 0 spiro atoms. The van der Waals surface area contributed by atoms with Gasteiger partial charge in [-0.2, -0.15) is 0 Å². The molecule has 3 rings (SSSR count). The van der Waals surface area contributed by atoms with Gasteiger partial charge in [-0.05, 0) is 45.7 Å². The average molecular weight is 371 g/mol. The number of amides is 2. The number of ether oxygens (including phenoxy) is 1. The Bertz CT molecular complexity index is 854. The zero-order chi connectivity index (χ0) is 19.6. The predicted octanol–water partition coefficient (Wildman–Crippen LogP) is 3.16. The number of aromatic nitrogens is 1. The summed E-state index contributed by atoms with van der Waals surface area (Å²) >= 11 is 0. The molecule has 6 heteroatoms. The molecule has 1 saturated heterocycles. The van der Waals surface area contributed by atoms with Crippen LogP contribution in [0.15, 0.2) is 18.2 Å². The van der Waals surface area contributed by atoms with Crippen molar-refractivity contribution in [2.45, 2.75) is 46.1 Å². The van der Waals surface area contributed by atoms with Crippen LogP contribution in [0.1, 0.15) is 49.2 Å². The minimum Gasteiger partial charge on any atom is -0.379 e. The number of benzene rings is 1. The first-order valence-electron chi connectivity index (χ1n) is 9.69. The molecule has 27 heavy (non-hydrogen) atoms. The lowest BCUT2D eigenvalue weighted by Crippen LogP contribution is -2.31. The van der Waals surface area contributed by atoms with E-state index in [0.29, 0.717) is 31.8 Å². The quantitative estimate of drug-likeness (QED) is 0.761. The van der Waals surface area contributed by atoms with Crippen LogP contribution in [0.2, 0.25) is 0 Å². The number of rotatable bonds is 7. The van der Waals surface area contributed by atoms with E-state index in [1.807, 2.05) is 44.5 Å². The summed E-state index contributed by atoms with van der Waals surface area (Å²) in [4.78, 5) is 27.2. The van der Waals surface area contributed by atoms with E-state index in [9.17, 15) is 9.59 Å². The van der Waals surface area contributed by atoms with Crippen molar-refractivity contribution in [2.24, 2.45) is 7.05 Å². The standard InChI is InChI=1S/C21H29N3O3/c1-14(2)27-12-6-10-22-21(26)20-19(24-11-5-7-18(24)25)16-13-15(3)8-9-17(16)23(20)4/h8-9,13-14H,5-7,10-12H2,1-4H3,(H,22,26). The topological polar surface area (TPSA) is 63.6 Å². The van der Waals surface area contributed by atoms with Gasteiger partial charge in [-0.15, -0.1) is 0 Å². The zero-order valence-electron chi connectivity index (χ0n) is 16.7. The van der Waals surface area contributed by atoms with Crippen LogP contribution in [0.3, 0.4) is 0 Å². The van der Waals surface area contributed by atoms with Gasteiger partial charge in [0.15, 0.2) is 0 Å². The molecule has 0 atom stereocenters. The van der Waals surface area contributed by atoms with Crippen LogP contribution >= 0.6 is 0 Å². The predicted molar refractivity (Wildman–Crippen MR) is 107 cm³/mol. The van der Waals surface area contributed by atoms with Gasteiger partial charge >= 0.3 is 0 Å². The molecule has 146 valence electrons. The highest BCUT2D eigenvalue weighted by Gasteiger charge is 2.31. The molecule has 1 aromatic carbocycles. The van der Waals surface area contributed by atoms with Crippen LogP contribution in [0.4, 0.5) is 5.69 Å². The van der Waals surface area contributed by atoms with Gasteiger partial charge in [0.2, 0.25) is 5.91 Å². The monoisotopic (exact) mass is 371 g/mol. The normalized spacial score (nSPS) is 14.6. The molecular weight excluding hydrogens is 342 g/mol. The van der Waals surface area contributed by atoms with Gasteiger partial charge in [0.1, 0.15) is 5.69 Å². The Morgan fingerprint density at radius 1 is 1.33 bits per heavy atom. The van der Waals surface area contributed by atoms with E-state index < -0.39 is 0 Å². The van der Waals surface area contributed by atoms with E-state index in [-0.39, 0.29) is 17.9 Å². The van der Waals surface area contributed by atoms with Crippen molar-refractivity contribution in [1.82, 2.24) is 9.88 Å². The molecule has 1 aromatic heterocycles. The van der Waals surface area contributed by atoms with Crippen molar-refractivity contribution in [2.75, 3.05) is 24.6 Å². The smallest absolute Gasteiger partial charge is 0.270 e. The second-order valence-electron chi connectivity index (χ2n) is 7.45. The maximum absolute atomic E-state index is 13.0. The highest BCUT2D eigenvalue weighted by molar-refractivity contribution is 6.14. The lowest BCUT2D eigenvalue weighted by atomic mass is 10.1. The number of hydrogen-bond acceptors (Lipinski definition) is 3. The van der Waals surface area contributed by atoms with Crippen molar-refractivity contribution in [1.29, 1.82) is 0 Å². The Hall–Kier alpha value is -2.34. The summed E-state index contributed by atoms with van der Waals surface area (Å²) in [5, 5.41) is 3.95. The van der Waals surface area contributed by atoms with Crippen molar-refractivity contribution in [3.63, 3.8) is 0 Å². The first kappa shape index (κ1) is 19.4. The van der Waals surface area contributed by atoms with Crippen molar-refractivity contribution in [3.8, 4) is 0 Å². The Labute approximate surface area is 160 Å². The highest BCUT2D eigenvalue weighted by Crippen LogP contribution is 2.36. The number of fused-ring (bicyclic) bond motifs is 1. The summed E-state index contributed by atoms with van der Waals surface area (Å²) in [6, 6.07) is 6.11. The van der Waals surface area contributed by atoms with E-state index in [0.717, 1.165) is 35.0 Å². The van der Waals surface area contributed by atoms with Crippen LogP contribution < -0.4 is 10.2 Å². The third-order valence-electron chi connectivity index (χ3n) is 4.94. The summed E-state index contributed by atoms with van der Waals surface area (Å²) in [5.74, 6) is -0.0611. The molecule has 0 bridgehead atoms. The Kier molecular flexibility index (Phi) is 5.85. The zero-order valence-corrected chi connectivity index (χ0v) is 16.7. The summed E-state index contributed by atoms with van der Waals surface area (Å²) in [6.07, 6.45) is 2.31. The van der Waals surface area contributed by atoms with E-state index in [1.54, 1.807) is 4.90 Å². The molecular formula is C21H29N3O3. The van der Waals surface area contributed by atoms with Gasteiger partial charge in [0.05, 0.1) is 17.3 Å². The van der Waals surface area contributed by atoms with Crippen molar-refractivity contribution < 1.29 is 14.3 Å². The molecule has 2 aromatic rings. The van der Waals surface area contributed by atoms with Gasteiger partial charge in [0.25, 0.3) is 5.91 Å². The second-order valence-corrected chi connectivity index (χ2v) is 7.45. The molecule has 0 unspecified atom stereocenters. The number of hydrogen-bond donors (Lipinski definition) is 1. The third kappa shape index (κ3) is 4.00. The van der Waals surface area contributed by atoms with Crippen molar-refractivity contribution in [3.05, 3.63) is 29.5 Å². The summed E-state index contributed by atoms with van der Waals surface area (Å²) < 4.78 is 7.42. The van der Waals surface area contributed by atoms with Gasteiger partial charge in [-0.1, -0.05) is 11.6 Å². The first-order valence-corrected chi connectivity index (χ1v) is 9.69.